The molecule has 4 rings (SSSR count). The fourth-order valence-corrected chi connectivity index (χ4v) is 8.65. The molecule has 0 aromatic carbocycles. The lowest BCUT2D eigenvalue weighted by Crippen LogP contribution is -2.60. The monoisotopic (exact) mass is 460 g/mol. The quantitative estimate of drug-likeness (QED) is 0.586. The summed E-state index contributed by atoms with van der Waals surface area (Å²) in [6.45, 7) is 12.1. The summed E-state index contributed by atoms with van der Waals surface area (Å²) in [5.41, 5.74) is -1.23. The number of aliphatic hydroxyl groups is 2. The van der Waals surface area contributed by atoms with E-state index in [0.29, 0.717) is 43.3 Å². The van der Waals surface area contributed by atoms with Gasteiger partial charge in [0, 0.05) is 24.8 Å². The minimum Gasteiger partial charge on any atom is -0.481 e. The van der Waals surface area contributed by atoms with Gasteiger partial charge >= 0.3 is 5.97 Å². The zero-order valence-electron chi connectivity index (χ0n) is 20.9. The average molecular weight is 461 g/mol. The van der Waals surface area contributed by atoms with Crippen molar-refractivity contribution in [1.29, 1.82) is 0 Å². The van der Waals surface area contributed by atoms with Gasteiger partial charge in [0.05, 0.1) is 17.6 Å². The number of carboxylic acids is 1. The van der Waals surface area contributed by atoms with Gasteiger partial charge in [0.2, 0.25) is 0 Å². The second-order valence-electron chi connectivity index (χ2n) is 12.7. The van der Waals surface area contributed by atoms with Crippen LogP contribution in [0.2, 0.25) is 0 Å². The number of aliphatic hydroxyl groups excluding tert-OH is 2. The third-order valence-electron chi connectivity index (χ3n) is 10.9. The molecule has 0 heterocycles. The summed E-state index contributed by atoms with van der Waals surface area (Å²) in [6.07, 6.45) is 1.38. The molecular formula is C27H40O6. The number of carbonyl (C=O) groups is 3. The molecule has 0 radical (unpaired) electrons. The molecule has 33 heavy (non-hydrogen) atoms. The van der Waals surface area contributed by atoms with Gasteiger partial charge < -0.3 is 15.3 Å². The van der Waals surface area contributed by atoms with Crippen LogP contribution >= 0.6 is 0 Å². The van der Waals surface area contributed by atoms with E-state index in [1.807, 2.05) is 34.6 Å². The number of carboxylic acid groups (broad SMARTS) is 1. The molecule has 8 unspecified atom stereocenters. The molecular weight excluding hydrogens is 420 g/mol. The van der Waals surface area contributed by atoms with Crippen LogP contribution in [0.5, 0.6) is 0 Å². The number of aliphatic carboxylic acids is 1. The maximum Gasteiger partial charge on any atom is 0.303 e. The Kier molecular flexibility index (Phi) is 5.58. The van der Waals surface area contributed by atoms with Crippen molar-refractivity contribution in [2.24, 2.45) is 39.4 Å². The van der Waals surface area contributed by atoms with E-state index in [2.05, 4.69) is 6.92 Å². The van der Waals surface area contributed by atoms with Crippen molar-refractivity contribution in [2.75, 3.05) is 0 Å². The first-order chi connectivity index (χ1) is 15.1. The maximum atomic E-state index is 13.9. The average Bonchev–Trinajstić information content (AvgIpc) is 2.92. The summed E-state index contributed by atoms with van der Waals surface area (Å²) in [7, 11) is 0. The molecule has 6 nitrogen and oxygen atoms in total. The first-order valence-corrected chi connectivity index (χ1v) is 12.5. The molecule has 3 N–H and O–H groups in total. The van der Waals surface area contributed by atoms with Crippen LogP contribution in [0.15, 0.2) is 11.1 Å². The summed E-state index contributed by atoms with van der Waals surface area (Å²) in [4.78, 5) is 38.8. The Morgan fingerprint density at radius 3 is 2.36 bits per heavy atom. The molecule has 0 spiro atoms. The highest BCUT2D eigenvalue weighted by molar-refractivity contribution is 6.05. The van der Waals surface area contributed by atoms with Gasteiger partial charge in [-0.15, -0.1) is 0 Å². The van der Waals surface area contributed by atoms with Crippen molar-refractivity contribution in [3.8, 4) is 0 Å². The lowest BCUT2D eigenvalue weighted by molar-refractivity contribution is -0.142. The van der Waals surface area contributed by atoms with Gasteiger partial charge in [-0.1, -0.05) is 34.6 Å². The van der Waals surface area contributed by atoms with Gasteiger partial charge in [-0.05, 0) is 72.2 Å². The molecule has 0 bridgehead atoms. The Labute approximate surface area is 196 Å². The van der Waals surface area contributed by atoms with Crippen molar-refractivity contribution >= 4 is 17.5 Å². The largest absolute Gasteiger partial charge is 0.481 e. The Bertz CT molecular complexity index is 933. The van der Waals surface area contributed by atoms with Crippen LogP contribution in [0.3, 0.4) is 0 Å². The van der Waals surface area contributed by atoms with Gasteiger partial charge in [0.25, 0.3) is 0 Å². The van der Waals surface area contributed by atoms with Crippen molar-refractivity contribution in [2.45, 2.75) is 98.7 Å². The van der Waals surface area contributed by atoms with Crippen LogP contribution in [0.1, 0.15) is 86.5 Å². The molecule has 0 aliphatic heterocycles. The van der Waals surface area contributed by atoms with Crippen molar-refractivity contribution in [3.05, 3.63) is 11.1 Å². The van der Waals surface area contributed by atoms with Gasteiger partial charge in [-0.3, -0.25) is 14.4 Å². The van der Waals surface area contributed by atoms with Crippen LogP contribution in [0, 0.1) is 39.4 Å². The molecule has 0 aromatic heterocycles. The minimum absolute atomic E-state index is 0.0142. The standard InChI is InChI=1S/C27H40O6/c1-14(7-8-21(32)33)15-11-20(31)27(6)23-16(28)12-18-24(2,3)19(30)9-10-25(18,4)22(23)17(29)13-26(15,27)5/h14-16,18-19,28,30H,7-13H2,1-6H3,(H,32,33). The van der Waals surface area contributed by atoms with Gasteiger partial charge in [0.15, 0.2) is 5.78 Å². The minimum atomic E-state index is -0.938. The maximum absolute atomic E-state index is 13.9. The van der Waals surface area contributed by atoms with Crippen LogP contribution in [-0.2, 0) is 14.4 Å². The molecule has 184 valence electrons. The fraction of sp³-hybridized carbons (Fsp3) is 0.815. The van der Waals surface area contributed by atoms with E-state index in [-0.39, 0.29) is 42.2 Å². The second-order valence-corrected chi connectivity index (χ2v) is 12.7. The predicted octanol–water partition coefficient (Wildman–Crippen LogP) is 3.93. The number of ketones is 2. The Morgan fingerprint density at radius 1 is 1.12 bits per heavy atom. The molecule has 0 saturated heterocycles. The molecule has 0 aromatic rings. The van der Waals surface area contributed by atoms with E-state index >= 15 is 0 Å². The van der Waals surface area contributed by atoms with E-state index in [1.165, 1.54) is 0 Å². The van der Waals surface area contributed by atoms with E-state index in [1.54, 1.807) is 0 Å². The molecule has 4 aliphatic carbocycles. The highest BCUT2D eigenvalue weighted by atomic mass is 16.4. The van der Waals surface area contributed by atoms with E-state index in [0.717, 1.165) is 0 Å². The third-order valence-corrected chi connectivity index (χ3v) is 10.9. The summed E-state index contributed by atoms with van der Waals surface area (Å²) in [5, 5.41) is 31.4. The number of rotatable bonds is 4. The molecule has 0 amide bonds. The summed E-state index contributed by atoms with van der Waals surface area (Å²) in [6, 6.07) is 0. The molecule has 2 saturated carbocycles. The smallest absolute Gasteiger partial charge is 0.303 e. The van der Waals surface area contributed by atoms with E-state index in [9.17, 15) is 24.6 Å². The zero-order valence-corrected chi connectivity index (χ0v) is 20.9. The number of carbonyl (C=O) groups excluding carboxylic acids is 2. The first-order valence-electron chi connectivity index (χ1n) is 12.5. The Hall–Kier alpha value is -1.53. The third kappa shape index (κ3) is 3.09. The van der Waals surface area contributed by atoms with Crippen LogP contribution in [-0.4, -0.2) is 45.1 Å². The van der Waals surface area contributed by atoms with E-state index in [4.69, 9.17) is 5.11 Å². The normalized spacial score (nSPS) is 45.3. The van der Waals surface area contributed by atoms with Gasteiger partial charge in [-0.2, -0.15) is 0 Å². The lowest BCUT2D eigenvalue weighted by atomic mass is 9.42. The first kappa shape index (κ1) is 24.6. The van der Waals surface area contributed by atoms with Crippen LogP contribution < -0.4 is 0 Å². The molecule has 6 heteroatoms. The van der Waals surface area contributed by atoms with Crippen LogP contribution in [0.25, 0.3) is 0 Å². The van der Waals surface area contributed by atoms with Gasteiger partial charge in [-0.25, -0.2) is 0 Å². The van der Waals surface area contributed by atoms with Gasteiger partial charge in [0.1, 0.15) is 5.78 Å². The lowest BCUT2D eigenvalue weighted by Gasteiger charge is -2.61. The molecule has 4 aliphatic rings. The van der Waals surface area contributed by atoms with Crippen molar-refractivity contribution in [1.82, 2.24) is 0 Å². The molecule has 2 fully saturated rings. The predicted molar refractivity (Wildman–Crippen MR) is 123 cm³/mol. The van der Waals surface area contributed by atoms with Crippen molar-refractivity contribution in [3.63, 3.8) is 0 Å². The Balaban J connectivity index is 1.85. The highest BCUT2D eigenvalue weighted by Gasteiger charge is 2.70. The summed E-state index contributed by atoms with van der Waals surface area (Å²) < 4.78 is 0. The summed E-state index contributed by atoms with van der Waals surface area (Å²) in [5.74, 6) is -0.940. The fourth-order valence-electron chi connectivity index (χ4n) is 8.65. The summed E-state index contributed by atoms with van der Waals surface area (Å²) >= 11 is 0. The zero-order chi connectivity index (χ0) is 24.7. The topological polar surface area (TPSA) is 112 Å². The second kappa shape index (κ2) is 7.48. The molecule has 8 atom stereocenters. The SMILES string of the molecule is CC(CCC(=O)O)C1CC(=O)C2(C)C3=C(C(=O)CC12C)C1(C)CCC(O)C(C)(C)C1CC3O. The highest BCUT2D eigenvalue weighted by Crippen LogP contribution is 2.70. The van der Waals surface area contributed by atoms with Crippen molar-refractivity contribution < 1.29 is 29.7 Å². The number of allylic oxidation sites excluding steroid dienone is 1. The Morgan fingerprint density at radius 2 is 1.76 bits per heavy atom. The van der Waals surface area contributed by atoms with Crippen LogP contribution in [0.4, 0.5) is 0 Å². The van der Waals surface area contributed by atoms with E-state index < -0.39 is 39.8 Å². The number of Topliss-reactive ketones (excluding diaryl/α,β-unsaturated/α-hetero) is 2. The number of hydrogen-bond donors (Lipinski definition) is 3. The number of hydrogen-bond acceptors (Lipinski definition) is 5. The number of fused-ring (bicyclic) bond motifs is 4.